The number of carbonyl (C=O) groups excluding carboxylic acids is 1. The number of hydrogen-bond acceptors (Lipinski definition) is 2. The van der Waals surface area contributed by atoms with Crippen molar-refractivity contribution in [3.8, 4) is 11.3 Å². The lowest BCUT2D eigenvalue weighted by molar-refractivity contribution is 0.0923. The summed E-state index contributed by atoms with van der Waals surface area (Å²) < 4.78 is 0. The van der Waals surface area contributed by atoms with Gasteiger partial charge in [0.25, 0.3) is 5.91 Å². The molecule has 0 radical (unpaired) electrons. The van der Waals surface area contributed by atoms with E-state index in [0.717, 1.165) is 30.0 Å². The third-order valence-corrected chi connectivity index (χ3v) is 4.62. The largest absolute Gasteiger partial charge is 0.349 e. The summed E-state index contributed by atoms with van der Waals surface area (Å²) in [5.41, 5.74) is 2.23. The number of H-pyrrole nitrogens is 1. The van der Waals surface area contributed by atoms with Crippen LogP contribution in [0, 0.1) is 5.92 Å². The molecule has 116 valence electrons. The molecule has 0 spiro atoms. The molecular formula is C17H20ClN3O. The summed E-state index contributed by atoms with van der Waals surface area (Å²) >= 11 is 5.91. The zero-order valence-electron chi connectivity index (χ0n) is 12.6. The maximum absolute atomic E-state index is 12.5. The summed E-state index contributed by atoms with van der Waals surface area (Å²) in [6, 6.07) is 7.66. The predicted octanol–water partition coefficient (Wildman–Crippen LogP) is 4.04. The molecule has 4 nitrogen and oxygen atoms in total. The molecule has 1 saturated carbocycles. The van der Waals surface area contributed by atoms with E-state index in [9.17, 15) is 4.79 Å². The van der Waals surface area contributed by atoms with Crippen molar-refractivity contribution in [2.75, 3.05) is 0 Å². The smallest absolute Gasteiger partial charge is 0.255 e. The Labute approximate surface area is 135 Å². The van der Waals surface area contributed by atoms with Crippen LogP contribution in [0.15, 0.2) is 30.5 Å². The van der Waals surface area contributed by atoms with E-state index >= 15 is 0 Å². The molecule has 5 heteroatoms. The number of benzene rings is 1. The van der Waals surface area contributed by atoms with Crippen LogP contribution < -0.4 is 5.32 Å². The molecule has 0 aliphatic heterocycles. The van der Waals surface area contributed by atoms with Gasteiger partial charge in [0, 0.05) is 16.6 Å². The Hall–Kier alpha value is -1.81. The first-order valence-electron chi connectivity index (χ1n) is 7.73. The molecule has 0 bridgehead atoms. The summed E-state index contributed by atoms with van der Waals surface area (Å²) in [7, 11) is 0. The Morgan fingerprint density at radius 1 is 1.23 bits per heavy atom. The molecule has 1 aromatic heterocycles. The average molecular weight is 318 g/mol. The molecule has 1 aliphatic rings. The van der Waals surface area contributed by atoms with E-state index in [1.165, 1.54) is 12.8 Å². The fourth-order valence-corrected chi connectivity index (χ4v) is 3.09. The number of nitrogens with one attached hydrogen (secondary N) is 2. The van der Waals surface area contributed by atoms with Crippen LogP contribution in [0.25, 0.3) is 11.3 Å². The topological polar surface area (TPSA) is 57.8 Å². The lowest BCUT2D eigenvalue weighted by Crippen LogP contribution is -2.37. The van der Waals surface area contributed by atoms with Crippen molar-refractivity contribution in [1.29, 1.82) is 0 Å². The SMILES string of the molecule is CC1CCC(NC(=O)c2cn[nH]c2-c2ccc(Cl)cc2)CC1. The van der Waals surface area contributed by atoms with Crippen molar-refractivity contribution in [3.63, 3.8) is 0 Å². The van der Waals surface area contributed by atoms with Crippen LogP contribution in [0.3, 0.4) is 0 Å². The Balaban J connectivity index is 1.74. The summed E-state index contributed by atoms with van der Waals surface area (Å²) in [5, 5.41) is 10.8. The minimum atomic E-state index is -0.0572. The molecule has 0 saturated heterocycles. The molecule has 1 heterocycles. The number of halogens is 1. The van der Waals surface area contributed by atoms with Crippen molar-refractivity contribution in [3.05, 3.63) is 41.0 Å². The number of rotatable bonds is 3. The van der Waals surface area contributed by atoms with Crippen molar-refractivity contribution in [1.82, 2.24) is 15.5 Å². The molecule has 0 atom stereocenters. The van der Waals surface area contributed by atoms with Gasteiger partial charge in [-0.05, 0) is 43.7 Å². The van der Waals surface area contributed by atoms with Crippen LogP contribution >= 0.6 is 11.6 Å². The monoisotopic (exact) mass is 317 g/mol. The molecule has 0 unspecified atom stereocenters. The van der Waals surface area contributed by atoms with Crippen LogP contribution in [0.5, 0.6) is 0 Å². The van der Waals surface area contributed by atoms with E-state index in [2.05, 4.69) is 22.4 Å². The fraction of sp³-hybridized carbons (Fsp3) is 0.412. The first kappa shape index (κ1) is 15.1. The highest BCUT2D eigenvalue weighted by molar-refractivity contribution is 6.30. The predicted molar refractivity (Wildman–Crippen MR) is 87.9 cm³/mol. The lowest BCUT2D eigenvalue weighted by Gasteiger charge is -2.26. The van der Waals surface area contributed by atoms with E-state index in [4.69, 9.17) is 11.6 Å². The van der Waals surface area contributed by atoms with E-state index in [-0.39, 0.29) is 11.9 Å². The van der Waals surface area contributed by atoms with Gasteiger partial charge in [0.15, 0.2) is 0 Å². The van der Waals surface area contributed by atoms with Gasteiger partial charge in [-0.25, -0.2) is 0 Å². The minimum absolute atomic E-state index is 0.0572. The molecule has 22 heavy (non-hydrogen) atoms. The number of nitrogens with zero attached hydrogens (tertiary/aromatic N) is 1. The quantitative estimate of drug-likeness (QED) is 0.897. The second kappa shape index (κ2) is 6.53. The highest BCUT2D eigenvalue weighted by Gasteiger charge is 2.22. The zero-order chi connectivity index (χ0) is 15.5. The fourth-order valence-electron chi connectivity index (χ4n) is 2.96. The average Bonchev–Trinajstić information content (AvgIpc) is 3.00. The number of aromatic nitrogens is 2. The van der Waals surface area contributed by atoms with E-state index < -0.39 is 0 Å². The molecular weight excluding hydrogens is 298 g/mol. The molecule has 2 N–H and O–H groups in total. The summed E-state index contributed by atoms with van der Waals surface area (Å²) in [5.74, 6) is 0.713. The van der Waals surface area contributed by atoms with Crippen LogP contribution in [0.4, 0.5) is 0 Å². The second-order valence-electron chi connectivity index (χ2n) is 6.10. The third-order valence-electron chi connectivity index (χ3n) is 4.37. The maximum Gasteiger partial charge on any atom is 0.255 e. The maximum atomic E-state index is 12.5. The summed E-state index contributed by atoms with van der Waals surface area (Å²) in [4.78, 5) is 12.5. The van der Waals surface area contributed by atoms with E-state index in [1.807, 2.05) is 24.3 Å². The second-order valence-corrected chi connectivity index (χ2v) is 6.53. The van der Waals surface area contributed by atoms with Gasteiger partial charge < -0.3 is 5.32 Å². The number of hydrogen-bond donors (Lipinski definition) is 2. The summed E-state index contributed by atoms with van der Waals surface area (Å²) in [6.07, 6.45) is 6.06. The van der Waals surface area contributed by atoms with Crippen molar-refractivity contribution in [2.24, 2.45) is 5.92 Å². The van der Waals surface area contributed by atoms with Gasteiger partial charge in [0.05, 0.1) is 17.5 Å². The van der Waals surface area contributed by atoms with Gasteiger partial charge in [-0.3, -0.25) is 9.89 Å². The van der Waals surface area contributed by atoms with Crippen molar-refractivity contribution < 1.29 is 4.79 Å². The van der Waals surface area contributed by atoms with Gasteiger partial charge in [0.1, 0.15) is 0 Å². The third kappa shape index (κ3) is 3.33. The number of carbonyl (C=O) groups is 1. The zero-order valence-corrected chi connectivity index (χ0v) is 13.4. The molecule has 1 aliphatic carbocycles. The highest BCUT2D eigenvalue weighted by atomic mass is 35.5. The van der Waals surface area contributed by atoms with Gasteiger partial charge in [0.2, 0.25) is 0 Å². The van der Waals surface area contributed by atoms with Crippen molar-refractivity contribution >= 4 is 17.5 Å². The van der Waals surface area contributed by atoms with Gasteiger partial charge in [-0.1, -0.05) is 30.7 Å². The van der Waals surface area contributed by atoms with Crippen LogP contribution in [-0.4, -0.2) is 22.1 Å². The van der Waals surface area contributed by atoms with E-state index in [0.29, 0.717) is 10.6 Å². The van der Waals surface area contributed by atoms with Gasteiger partial charge in [-0.15, -0.1) is 0 Å². The Bertz CT molecular complexity index is 642. The van der Waals surface area contributed by atoms with Crippen LogP contribution in [0.2, 0.25) is 5.02 Å². The highest BCUT2D eigenvalue weighted by Crippen LogP contribution is 2.25. The van der Waals surface area contributed by atoms with Crippen LogP contribution in [-0.2, 0) is 0 Å². The first-order chi connectivity index (χ1) is 10.6. The normalized spacial score (nSPS) is 21.5. The molecule has 1 aromatic carbocycles. The molecule has 2 aromatic rings. The molecule has 1 amide bonds. The minimum Gasteiger partial charge on any atom is -0.349 e. The Kier molecular flexibility index (Phi) is 4.48. The first-order valence-corrected chi connectivity index (χ1v) is 8.11. The Morgan fingerprint density at radius 3 is 2.59 bits per heavy atom. The summed E-state index contributed by atoms with van der Waals surface area (Å²) in [6.45, 7) is 2.27. The number of amides is 1. The van der Waals surface area contributed by atoms with Crippen molar-refractivity contribution in [2.45, 2.75) is 38.6 Å². The van der Waals surface area contributed by atoms with Crippen LogP contribution in [0.1, 0.15) is 43.0 Å². The molecule has 1 fully saturated rings. The Morgan fingerprint density at radius 2 is 1.91 bits per heavy atom. The van der Waals surface area contributed by atoms with Gasteiger partial charge in [-0.2, -0.15) is 5.10 Å². The molecule has 3 rings (SSSR count). The number of aromatic amines is 1. The van der Waals surface area contributed by atoms with Gasteiger partial charge >= 0.3 is 0 Å². The standard InChI is InChI=1S/C17H20ClN3O/c1-11-2-8-14(9-3-11)20-17(22)15-10-19-21-16(15)12-4-6-13(18)7-5-12/h4-7,10-11,14H,2-3,8-9H2,1H3,(H,19,21)(H,20,22). The lowest BCUT2D eigenvalue weighted by atomic mass is 9.87. The van der Waals surface area contributed by atoms with E-state index in [1.54, 1.807) is 6.20 Å².